The van der Waals surface area contributed by atoms with Crippen molar-refractivity contribution in [2.75, 3.05) is 0 Å². The first-order valence-corrected chi connectivity index (χ1v) is 8.07. The number of hydrogen-bond donors (Lipinski definition) is 0. The highest BCUT2D eigenvalue weighted by Crippen LogP contribution is 2.46. The van der Waals surface area contributed by atoms with Crippen molar-refractivity contribution in [3.8, 4) is 0 Å². The van der Waals surface area contributed by atoms with Crippen LogP contribution in [0.25, 0.3) is 0 Å². The Balaban J connectivity index is 2.42. The van der Waals surface area contributed by atoms with Gasteiger partial charge < -0.3 is 0 Å². The zero-order valence-corrected chi connectivity index (χ0v) is 13.5. The van der Waals surface area contributed by atoms with Crippen LogP contribution < -0.4 is 0 Å². The summed E-state index contributed by atoms with van der Waals surface area (Å²) in [5, 5.41) is 2.83. The molecule has 0 fully saturated rings. The smallest absolute Gasteiger partial charge is 0.0991 e. The summed E-state index contributed by atoms with van der Waals surface area (Å²) in [6, 6.07) is 1.87. The molecule has 2 rings (SSSR count). The lowest BCUT2D eigenvalue weighted by molar-refractivity contribution is 1.24. The largest absolute Gasteiger partial charge is 0.145 e. The molecule has 0 nitrogen and oxygen atoms in total. The molecule has 2 aromatic heterocycles. The van der Waals surface area contributed by atoms with Gasteiger partial charge in [0.15, 0.2) is 0 Å². The summed E-state index contributed by atoms with van der Waals surface area (Å²) in [5.74, 6) is 0. The predicted molar refractivity (Wildman–Crippen MR) is 79.2 cm³/mol. The van der Waals surface area contributed by atoms with Crippen LogP contribution in [0.15, 0.2) is 11.4 Å². The maximum absolute atomic E-state index is 6.22. The van der Waals surface area contributed by atoms with Crippen LogP contribution in [0.4, 0.5) is 0 Å². The molecule has 0 saturated carbocycles. The molecular formula is C10H6BrCl3S2. The van der Waals surface area contributed by atoms with Gasteiger partial charge in [0.05, 0.1) is 18.5 Å². The van der Waals surface area contributed by atoms with E-state index in [9.17, 15) is 0 Å². The van der Waals surface area contributed by atoms with Crippen molar-refractivity contribution in [3.63, 3.8) is 0 Å². The molecule has 0 amide bonds. The van der Waals surface area contributed by atoms with Crippen molar-refractivity contribution in [1.29, 1.82) is 0 Å². The van der Waals surface area contributed by atoms with Crippen LogP contribution in [-0.4, -0.2) is 0 Å². The normalized spacial score (nSPS) is 13.1. The zero-order valence-electron chi connectivity index (χ0n) is 8.06. The number of hydrogen-bond acceptors (Lipinski definition) is 2. The van der Waals surface area contributed by atoms with Crippen LogP contribution >= 0.6 is 73.4 Å². The number of rotatable bonds is 2. The minimum atomic E-state index is 0.00921. The second-order valence-corrected chi connectivity index (χ2v) is 7.73. The van der Waals surface area contributed by atoms with E-state index >= 15 is 0 Å². The van der Waals surface area contributed by atoms with E-state index in [0.29, 0.717) is 8.67 Å². The first-order chi connectivity index (χ1) is 7.50. The summed E-state index contributed by atoms with van der Waals surface area (Å²) in [4.78, 5) is 1.07. The molecule has 0 aliphatic rings. The molecule has 86 valence electrons. The Labute approximate surface area is 125 Å². The minimum Gasteiger partial charge on any atom is -0.145 e. The second kappa shape index (κ2) is 5.17. The molecule has 0 N–H and O–H groups in total. The third-order valence-corrected chi connectivity index (χ3v) is 6.66. The Morgan fingerprint density at radius 1 is 1.31 bits per heavy atom. The van der Waals surface area contributed by atoms with E-state index in [1.54, 1.807) is 11.3 Å². The molecule has 1 unspecified atom stereocenters. The van der Waals surface area contributed by atoms with Crippen molar-refractivity contribution in [2.24, 2.45) is 0 Å². The quantitative estimate of drug-likeness (QED) is 0.521. The number of alkyl halides is 1. The summed E-state index contributed by atoms with van der Waals surface area (Å²) in [5.41, 5.74) is 2.06. The van der Waals surface area contributed by atoms with Crippen LogP contribution in [0.3, 0.4) is 0 Å². The summed E-state index contributed by atoms with van der Waals surface area (Å²) in [7, 11) is 0. The van der Waals surface area contributed by atoms with Crippen molar-refractivity contribution >= 4 is 73.4 Å². The fourth-order valence-electron chi connectivity index (χ4n) is 1.29. The monoisotopic (exact) mass is 374 g/mol. The molecule has 2 aromatic rings. The summed E-state index contributed by atoms with van der Waals surface area (Å²) in [6.07, 6.45) is 0. The van der Waals surface area contributed by atoms with Crippen molar-refractivity contribution < 1.29 is 0 Å². The molecule has 0 radical (unpaired) electrons. The molecule has 2 heterocycles. The number of aryl methyl sites for hydroxylation is 1. The van der Waals surface area contributed by atoms with Gasteiger partial charge in [-0.15, -0.1) is 22.7 Å². The van der Waals surface area contributed by atoms with Crippen LogP contribution in [0.1, 0.15) is 20.8 Å². The van der Waals surface area contributed by atoms with Crippen LogP contribution in [-0.2, 0) is 0 Å². The average molecular weight is 377 g/mol. The zero-order chi connectivity index (χ0) is 11.9. The maximum Gasteiger partial charge on any atom is 0.0991 e. The van der Waals surface area contributed by atoms with E-state index in [1.807, 2.05) is 18.4 Å². The Hall–Kier alpha value is 0.750. The molecule has 0 aromatic carbocycles. The first-order valence-electron chi connectivity index (χ1n) is 4.33. The molecule has 0 spiro atoms. The van der Waals surface area contributed by atoms with Gasteiger partial charge >= 0.3 is 0 Å². The van der Waals surface area contributed by atoms with Crippen LogP contribution in [0.2, 0.25) is 13.7 Å². The van der Waals surface area contributed by atoms with Gasteiger partial charge in [-0.3, -0.25) is 0 Å². The first kappa shape index (κ1) is 13.2. The van der Waals surface area contributed by atoms with Gasteiger partial charge in [0, 0.05) is 10.4 Å². The van der Waals surface area contributed by atoms with E-state index in [1.165, 1.54) is 11.3 Å². The van der Waals surface area contributed by atoms with E-state index in [4.69, 9.17) is 34.8 Å². The van der Waals surface area contributed by atoms with E-state index in [-0.39, 0.29) is 4.83 Å². The Kier molecular flexibility index (Phi) is 4.26. The highest BCUT2D eigenvalue weighted by atomic mass is 79.9. The Morgan fingerprint density at radius 2 is 2.00 bits per heavy atom. The summed E-state index contributed by atoms with van der Waals surface area (Å²) in [6.45, 7) is 1.99. The molecule has 0 aliphatic heterocycles. The predicted octanol–water partition coefficient (Wildman–Crippen LogP) is 6.56. The molecule has 0 saturated heterocycles. The SMILES string of the molecule is Cc1csc(C(Br)c2cc(Cl)sc2Cl)c1Cl. The Morgan fingerprint density at radius 3 is 2.44 bits per heavy atom. The van der Waals surface area contributed by atoms with Gasteiger partial charge in [-0.25, -0.2) is 0 Å². The molecule has 6 heteroatoms. The average Bonchev–Trinajstić information content (AvgIpc) is 2.71. The van der Waals surface area contributed by atoms with Gasteiger partial charge in [0.1, 0.15) is 0 Å². The lowest BCUT2D eigenvalue weighted by Crippen LogP contribution is -1.88. The van der Waals surface area contributed by atoms with Crippen molar-refractivity contribution in [1.82, 2.24) is 0 Å². The fraction of sp³-hybridized carbons (Fsp3) is 0.200. The second-order valence-electron chi connectivity index (χ2n) is 3.24. The minimum absolute atomic E-state index is 0.00921. The van der Waals surface area contributed by atoms with Gasteiger partial charge in [-0.2, -0.15) is 0 Å². The fourth-order valence-corrected chi connectivity index (χ4v) is 5.44. The van der Waals surface area contributed by atoms with Gasteiger partial charge in [-0.05, 0) is 23.9 Å². The van der Waals surface area contributed by atoms with Crippen molar-refractivity contribution in [2.45, 2.75) is 11.8 Å². The molecule has 0 aliphatic carbocycles. The molecular weight excluding hydrogens is 371 g/mol. The topological polar surface area (TPSA) is 0 Å². The van der Waals surface area contributed by atoms with Crippen molar-refractivity contribution in [3.05, 3.63) is 41.1 Å². The molecule has 1 atom stereocenters. The lowest BCUT2D eigenvalue weighted by atomic mass is 10.2. The van der Waals surface area contributed by atoms with E-state index < -0.39 is 0 Å². The molecule has 0 bridgehead atoms. The van der Waals surface area contributed by atoms with Crippen LogP contribution in [0.5, 0.6) is 0 Å². The highest BCUT2D eigenvalue weighted by molar-refractivity contribution is 9.09. The lowest BCUT2D eigenvalue weighted by Gasteiger charge is -2.07. The Bertz CT molecular complexity index is 516. The summed E-state index contributed by atoms with van der Waals surface area (Å²) >= 11 is 24.9. The number of thiophene rings is 2. The van der Waals surface area contributed by atoms with E-state index in [0.717, 1.165) is 21.0 Å². The van der Waals surface area contributed by atoms with Gasteiger partial charge in [0.25, 0.3) is 0 Å². The third-order valence-electron chi connectivity index (χ3n) is 2.11. The standard InChI is InChI=1S/C10H6BrCl3S2/c1-4-3-15-9(8(4)13)7(11)5-2-6(12)16-10(5)14/h2-3,7H,1H3. The maximum atomic E-state index is 6.22. The number of halogens is 4. The van der Waals surface area contributed by atoms with E-state index in [2.05, 4.69) is 15.9 Å². The van der Waals surface area contributed by atoms with Gasteiger partial charge in [0.2, 0.25) is 0 Å². The summed E-state index contributed by atoms with van der Waals surface area (Å²) < 4.78 is 1.39. The third kappa shape index (κ3) is 2.45. The molecule has 16 heavy (non-hydrogen) atoms. The highest BCUT2D eigenvalue weighted by Gasteiger charge is 2.21. The van der Waals surface area contributed by atoms with Gasteiger partial charge in [-0.1, -0.05) is 50.7 Å². The van der Waals surface area contributed by atoms with Crippen LogP contribution in [0, 0.1) is 6.92 Å².